The number of urea groups is 1. The number of anilines is 2. The summed E-state index contributed by atoms with van der Waals surface area (Å²) in [5.74, 6) is -0.508. The van der Waals surface area contributed by atoms with Crippen molar-refractivity contribution >= 4 is 46.6 Å². The first kappa shape index (κ1) is 27.6. The highest BCUT2D eigenvalue weighted by Crippen LogP contribution is 2.29. The zero-order valence-electron chi connectivity index (χ0n) is 20.8. The zero-order chi connectivity index (χ0) is 28.1. The highest BCUT2D eigenvalue weighted by Gasteiger charge is 2.18. The van der Waals surface area contributed by atoms with E-state index in [0.717, 1.165) is 11.1 Å². The lowest BCUT2D eigenvalue weighted by Crippen LogP contribution is -2.31. The molecule has 4 aromatic rings. The topological polar surface area (TPSA) is 135 Å². The van der Waals surface area contributed by atoms with E-state index in [0.29, 0.717) is 11.4 Å². The number of nitrogens with one attached hydrogen (secondary N) is 2. The van der Waals surface area contributed by atoms with Crippen LogP contribution in [0.2, 0.25) is 10.0 Å². The molecule has 0 spiro atoms. The Hall–Kier alpha value is -4.41. The molecule has 2 amide bonds. The molecule has 0 aliphatic heterocycles. The Morgan fingerprint density at radius 3 is 2.36 bits per heavy atom. The predicted molar refractivity (Wildman–Crippen MR) is 149 cm³/mol. The number of ether oxygens (including phenoxy) is 1. The average Bonchev–Trinajstić information content (AvgIpc) is 2.92. The van der Waals surface area contributed by atoms with E-state index < -0.39 is 23.7 Å². The summed E-state index contributed by atoms with van der Waals surface area (Å²) in [6.45, 7) is 3.76. The molecule has 0 aliphatic carbocycles. The summed E-state index contributed by atoms with van der Waals surface area (Å²) >= 11 is 12.1. The number of hydrogen-bond acceptors (Lipinski definition) is 6. The molecule has 0 fully saturated rings. The summed E-state index contributed by atoms with van der Waals surface area (Å²) in [5, 5.41) is 19.0. The number of carboxylic acid groups (broad SMARTS) is 1. The predicted octanol–water partition coefficient (Wildman–Crippen LogP) is 6.11. The van der Waals surface area contributed by atoms with Crippen molar-refractivity contribution in [3.8, 4) is 16.9 Å². The van der Waals surface area contributed by atoms with Gasteiger partial charge in [0.25, 0.3) is 5.56 Å². The van der Waals surface area contributed by atoms with Gasteiger partial charge in [0, 0.05) is 18.9 Å². The summed E-state index contributed by atoms with van der Waals surface area (Å²) in [4.78, 5) is 40.7. The second-order valence-electron chi connectivity index (χ2n) is 8.33. The van der Waals surface area contributed by atoms with Crippen LogP contribution in [0.15, 0.2) is 71.8 Å². The van der Waals surface area contributed by atoms with Gasteiger partial charge in [0.15, 0.2) is 0 Å². The number of aromatic carboxylic acids is 1. The van der Waals surface area contributed by atoms with Crippen LogP contribution in [-0.2, 0) is 6.54 Å². The van der Waals surface area contributed by atoms with Crippen LogP contribution in [0.1, 0.15) is 36.0 Å². The standard InChI is InChI=1S/C27H23Cl2N5O5/c1-3-34-25(35)23(31-27(38)32-24-20(28)13-30-14-21(24)29)12-22(33-34)15(2)39-19-9-5-7-17(11-19)16-6-4-8-18(10-16)26(36)37/h4-15H,3H2,1-2H3,(H,36,37)(H2,30,31,32,38)/t15-/m0/s1. The Balaban J connectivity index is 1.56. The summed E-state index contributed by atoms with van der Waals surface area (Å²) in [5.41, 5.74) is 1.69. The second-order valence-corrected chi connectivity index (χ2v) is 9.15. The average molecular weight is 568 g/mol. The minimum absolute atomic E-state index is 0.0182. The molecule has 0 unspecified atom stereocenters. The van der Waals surface area contributed by atoms with Gasteiger partial charge in [-0.25, -0.2) is 14.3 Å². The van der Waals surface area contributed by atoms with Crippen LogP contribution in [0.4, 0.5) is 16.2 Å². The van der Waals surface area contributed by atoms with Crippen molar-refractivity contribution in [3.05, 3.63) is 98.6 Å². The zero-order valence-corrected chi connectivity index (χ0v) is 22.3. The number of benzene rings is 2. The van der Waals surface area contributed by atoms with Crippen LogP contribution in [-0.4, -0.2) is 31.9 Å². The molecule has 1 atom stereocenters. The van der Waals surface area contributed by atoms with Crippen LogP contribution in [0.5, 0.6) is 5.75 Å². The third kappa shape index (κ3) is 6.54. The minimum atomic E-state index is -1.01. The van der Waals surface area contributed by atoms with Crippen molar-refractivity contribution in [2.45, 2.75) is 26.5 Å². The molecule has 12 heteroatoms. The van der Waals surface area contributed by atoms with Crippen LogP contribution in [0.3, 0.4) is 0 Å². The lowest BCUT2D eigenvalue weighted by atomic mass is 10.0. The van der Waals surface area contributed by atoms with Gasteiger partial charge in [-0.3, -0.25) is 9.78 Å². The number of pyridine rings is 1. The molecule has 4 rings (SSSR count). The molecule has 2 aromatic carbocycles. The number of carboxylic acids is 1. The van der Waals surface area contributed by atoms with Gasteiger partial charge in [0.1, 0.15) is 23.2 Å². The van der Waals surface area contributed by atoms with E-state index in [1.54, 1.807) is 44.2 Å². The number of rotatable bonds is 8. The van der Waals surface area contributed by atoms with Crippen molar-refractivity contribution in [1.82, 2.24) is 14.8 Å². The molecule has 2 heterocycles. The molecule has 39 heavy (non-hydrogen) atoms. The molecule has 200 valence electrons. The molecule has 0 saturated heterocycles. The molecular weight excluding hydrogens is 545 g/mol. The van der Waals surface area contributed by atoms with Crippen molar-refractivity contribution in [2.24, 2.45) is 0 Å². The SMILES string of the molecule is CCn1nc([C@H](C)Oc2cccc(-c3cccc(C(=O)O)c3)c2)cc(NC(=O)Nc2c(Cl)cncc2Cl)c1=O. The fraction of sp³-hybridized carbons (Fsp3) is 0.148. The van der Waals surface area contributed by atoms with Crippen molar-refractivity contribution in [2.75, 3.05) is 10.6 Å². The number of carbonyl (C=O) groups excluding carboxylic acids is 1. The van der Waals surface area contributed by atoms with Crippen LogP contribution >= 0.6 is 23.2 Å². The number of halogens is 2. The van der Waals surface area contributed by atoms with E-state index in [1.165, 1.54) is 29.2 Å². The quantitative estimate of drug-likeness (QED) is 0.233. The highest BCUT2D eigenvalue weighted by molar-refractivity contribution is 6.39. The van der Waals surface area contributed by atoms with Crippen LogP contribution in [0.25, 0.3) is 11.1 Å². The van der Waals surface area contributed by atoms with Gasteiger partial charge in [-0.05, 0) is 55.3 Å². The Bertz CT molecular complexity index is 1590. The Kier molecular flexibility index (Phi) is 8.48. The molecule has 0 radical (unpaired) electrons. The highest BCUT2D eigenvalue weighted by atomic mass is 35.5. The fourth-order valence-corrected chi connectivity index (χ4v) is 4.17. The van der Waals surface area contributed by atoms with Crippen LogP contribution < -0.4 is 20.9 Å². The van der Waals surface area contributed by atoms with E-state index in [-0.39, 0.29) is 33.5 Å². The van der Waals surface area contributed by atoms with Crippen molar-refractivity contribution in [3.63, 3.8) is 0 Å². The molecule has 3 N–H and O–H groups in total. The summed E-state index contributed by atoms with van der Waals surface area (Å²) in [7, 11) is 0. The lowest BCUT2D eigenvalue weighted by Gasteiger charge is -2.17. The largest absolute Gasteiger partial charge is 0.484 e. The van der Waals surface area contributed by atoms with Gasteiger partial charge in [0.05, 0.1) is 21.3 Å². The number of amides is 2. The summed E-state index contributed by atoms with van der Waals surface area (Å²) in [6.07, 6.45) is 2.04. The molecular formula is C27H23Cl2N5O5. The molecule has 10 nitrogen and oxygen atoms in total. The Morgan fingerprint density at radius 2 is 1.69 bits per heavy atom. The second kappa shape index (κ2) is 12.0. The Morgan fingerprint density at radius 1 is 1.03 bits per heavy atom. The maximum Gasteiger partial charge on any atom is 0.335 e. The number of aryl methyl sites for hydroxylation is 1. The van der Waals surface area contributed by atoms with Gasteiger partial charge in [-0.1, -0.05) is 47.5 Å². The van der Waals surface area contributed by atoms with Crippen LogP contribution in [0, 0.1) is 0 Å². The first-order chi connectivity index (χ1) is 18.7. The van der Waals surface area contributed by atoms with Gasteiger partial charge in [-0.2, -0.15) is 5.10 Å². The van der Waals surface area contributed by atoms with E-state index in [1.807, 2.05) is 12.1 Å². The molecule has 0 aliphatic rings. The van der Waals surface area contributed by atoms with Gasteiger partial charge in [0.2, 0.25) is 0 Å². The van der Waals surface area contributed by atoms with E-state index >= 15 is 0 Å². The number of nitrogens with zero attached hydrogens (tertiary/aromatic N) is 3. The summed E-state index contributed by atoms with van der Waals surface area (Å²) < 4.78 is 7.32. The normalized spacial score (nSPS) is 11.5. The van der Waals surface area contributed by atoms with Crippen molar-refractivity contribution in [1.29, 1.82) is 0 Å². The number of hydrogen-bond donors (Lipinski definition) is 3. The van der Waals surface area contributed by atoms with E-state index in [2.05, 4.69) is 20.7 Å². The molecule has 2 aromatic heterocycles. The summed E-state index contributed by atoms with van der Waals surface area (Å²) in [6, 6.07) is 14.5. The van der Waals surface area contributed by atoms with Gasteiger partial charge >= 0.3 is 12.0 Å². The minimum Gasteiger partial charge on any atom is -0.484 e. The van der Waals surface area contributed by atoms with E-state index in [9.17, 15) is 19.5 Å². The first-order valence-corrected chi connectivity index (χ1v) is 12.5. The first-order valence-electron chi connectivity index (χ1n) is 11.8. The van der Waals surface area contributed by atoms with Gasteiger partial charge < -0.3 is 20.5 Å². The van der Waals surface area contributed by atoms with Crippen molar-refractivity contribution < 1.29 is 19.4 Å². The van der Waals surface area contributed by atoms with Gasteiger partial charge in [-0.15, -0.1) is 0 Å². The maximum atomic E-state index is 12.8. The third-order valence-electron chi connectivity index (χ3n) is 5.64. The van der Waals surface area contributed by atoms with E-state index in [4.69, 9.17) is 27.9 Å². The molecule has 0 bridgehead atoms. The number of carbonyl (C=O) groups is 2. The smallest absolute Gasteiger partial charge is 0.335 e. The number of aromatic nitrogens is 3. The monoisotopic (exact) mass is 567 g/mol. The molecule has 0 saturated carbocycles. The Labute approximate surface area is 233 Å². The third-order valence-corrected chi connectivity index (χ3v) is 6.21. The lowest BCUT2D eigenvalue weighted by molar-refractivity contribution is 0.0697. The maximum absolute atomic E-state index is 12.8. The fourth-order valence-electron chi connectivity index (χ4n) is 3.71.